The van der Waals surface area contributed by atoms with Crippen molar-refractivity contribution in [2.75, 3.05) is 0 Å². The van der Waals surface area contributed by atoms with Gasteiger partial charge in [-0.2, -0.15) is 0 Å². The number of nitrogens with two attached hydrogens (primary N) is 1. The van der Waals surface area contributed by atoms with Crippen LogP contribution < -0.4 is 5.73 Å². The topological polar surface area (TPSA) is 26.0 Å². The molecule has 1 heteroatoms. The second-order valence-corrected chi connectivity index (χ2v) is 4.05. The summed E-state index contributed by atoms with van der Waals surface area (Å²) >= 11 is 0. The summed E-state index contributed by atoms with van der Waals surface area (Å²) in [6.07, 6.45) is 2.01. The highest BCUT2D eigenvalue weighted by atomic mass is 14.6. The van der Waals surface area contributed by atoms with Crippen LogP contribution in [-0.2, 0) is 6.42 Å². The molecule has 2 rings (SSSR count). The van der Waals surface area contributed by atoms with Gasteiger partial charge in [-0.25, -0.2) is 0 Å². The summed E-state index contributed by atoms with van der Waals surface area (Å²) < 4.78 is 0. The minimum atomic E-state index is 0.283. The van der Waals surface area contributed by atoms with Gasteiger partial charge in [0, 0.05) is 6.04 Å². The SMILES string of the molecule is CCC(N)Cc1ccc2ccccc2c1. The molecule has 2 aromatic carbocycles. The van der Waals surface area contributed by atoms with Crippen molar-refractivity contribution in [3.8, 4) is 0 Å². The van der Waals surface area contributed by atoms with E-state index in [1.54, 1.807) is 0 Å². The average Bonchev–Trinajstić information content (AvgIpc) is 2.29. The van der Waals surface area contributed by atoms with Crippen LogP contribution in [0.5, 0.6) is 0 Å². The first-order chi connectivity index (χ1) is 7.29. The molecular weight excluding hydrogens is 182 g/mol. The Balaban J connectivity index is 2.30. The standard InChI is InChI=1S/C14H17N/c1-2-14(15)10-11-7-8-12-5-3-4-6-13(12)9-11/h3-9,14H,2,10,15H2,1H3. The summed E-state index contributed by atoms with van der Waals surface area (Å²) in [7, 11) is 0. The van der Waals surface area contributed by atoms with Gasteiger partial charge in [0.25, 0.3) is 0 Å². The molecule has 78 valence electrons. The lowest BCUT2D eigenvalue weighted by Gasteiger charge is -2.09. The molecule has 0 bridgehead atoms. The van der Waals surface area contributed by atoms with E-state index in [9.17, 15) is 0 Å². The lowest BCUT2D eigenvalue weighted by Crippen LogP contribution is -2.21. The van der Waals surface area contributed by atoms with Crippen LogP contribution in [0.1, 0.15) is 18.9 Å². The molecule has 0 aliphatic rings. The van der Waals surface area contributed by atoms with Crippen molar-refractivity contribution in [2.45, 2.75) is 25.8 Å². The van der Waals surface area contributed by atoms with Crippen molar-refractivity contribution >= 4 is 10.8 Å². The fourth-order valence-corrected chi connectivity index (χ4v) is 1.81. The molecule has 0 amide bonds. The van der Waals surface area contributed by atoms with E-state index in [4.69, 9.17) is 5.73 Å². The molecule has 2 aromatic rings. The molecule has 1 unspecified atom stereocenters. The molecule has 0 aliphatic heterocycles. The van der Waals surface area contributed by atoms with Crippen LogP contribution in [0.3, 0.4) is 0 Å². The highest BCUT2D eigenvalue weighted by molar-refractivity contribution is 5.82. The quantitative estimate of drug-likeness (QED) is 0.807. The highest BCUT2D eigenvalue weighted by Gasteiger charge is 2.01. The Hall–Kier alpha value is -1.34. The van der Waals surface area contributed by atoms with E-state index in [0.717, 1.165) is 12.8 Å². The number of hydrogen-bond donors (Lipinski definition) is 1. The second-order valence-electron chi connectivity index (χ2n) is 4.05. The van der Waals surface area contributed by atoms with Crippen LogP contribution in [-0.4, -0.2) is 6.04 Å². The Labute approximate surface area is 90.9 Å². The van der Waals surface area contributed by atoms with Gasteiger partial charge in [-0.15, -0.1) is 0 Å². The lowest BCUT2D eigenvalue weighted by atomic mass is 10.0. The third-order valence-electron chi connectivity index (χ3n) is 2.84. The van der Waals surface area contributed by atoms with Gasteiger partial charge >= 0.3 is 0 Å². The molecule has 0 saturated carbocycles. The number of hydrogen-bond acceptors (Lipinski definition) is 1. The molecule has 0 aliphatic carbocycles. The van der Waals surface area contributed by atoms with Gasteiger partial charge in [0.15, 0.2) is 0 Å². The van der Waals surface area contributed by atoms with E-state index in [1.165, 1.54) is 16.3 Å². The van der Waals surface area contributed by atoms with Crippen molar-refractivity contribution in [2.24, 2.45) is 5.73 Å². The summed E-state index contributed by atoms with van der Waals surface area (Å²) in [5.74, 6) is 0. The van der Waals surface area contributed by atoms with Gasteiger partial charge in [0.05, 0.1) is 0 Å². The van der Waals surface area contributed by atoms with Gasteiger partial charge in [0.1, 0.15) is 0 Å². The van der Waals surface area contributed by atoms with Crippen LogP contribution in [0.2, 0.25) is 0 Å². The average molecular weight is 199 g/mol. The molecule has 0 heterocycles. The maximum Gasteiger partial charge on any atom is 0.00767 e. The van der Waals surface area contributed by atoms with Gasteiger partial charge in [-0.1, -0.05) is 49.4 Å². The predicted octanol–water partition coefficient (Wildman–Crippen LogP) is 3.12. The summed E-state index contributed by atoms with van der Waals surface area (Å²) in [6, 6.07) is 15.3. The third kappa shape index (κ3) is 2.37. The van der Waals surface area contributed by atoms with E-state index in [1.807, 2.05) is 0 Å². The van der Waals surface area contributed by atoms with Crippen LogP contribution >= 0.6 is 0 Å². The molecule has 0 saturated heterocycles. The lowest BCUT2D eigenvalue weighted by molar-refractivity contribution is 0.647. The third-order valence-corrected chi connectivity index (χ3v) is 2.84. The van der Waals surface area contributed by atoms with Gasteiger partial charge < -0.3 is 5.73 Å². The highest BCUT2D eigenvalue weighted by Crippen LogP contribution is 2.16. The first kappa shape index (κ1) is 10.2. The maximum atomic E-state index is 5.95. The zero-order valence-electron chi connectivity index (χ0n) is 9.11. The molecule has 2 N–H and O–H groups in total. The summed E-state index contributed by atoms with van der Waals surface area (Å²) in [4.78, 5) is 0. The predicted molar refractivity (Wildman–Crippen MR) is 65.9 cm³/mol. The van der Waals surface area contributed by atoms with Crippen LogP contribution in [0.25, 0.3) is 10.8 Å². The van der Waals surface area contributed by atoms with Crippen LogP contribution in [0.4, 0.5) is 0 Å². The van der Waals surface area contributed by atoms with E-state index >= 15 is 0 Å². The summed E-state index contributed by atoms with van der Waals surface area (Å²) in [5, 5.41) is 2.60. The Morgan fingerprint density at radius 2 is 1.80 bits per heavy atom. The van der Waals surface area contributed by atoms with E-state index < -0.39 is 0 Å². The van der Waals surface area contributed by atoms with Crippen molar-refractivity contribution in [1.82, 2.24) is 0 Å². The fourth-order valence-electron chi connectivity index (χ4n) is 1.81. The molecule has 0 radical (unpaired) electrons. The molecule has 1 nitrogen and oxygen atoms in total. The molecule has 0 aromatic heterocycles. The first-order valence-electron chi connectivity index (χ1n) is 5.53. The van der Waals surface area contributed by atoms with E-state index in [0.29, 0.717) is 0 Å². The number of rotatable bonds is 3. The zero-order chi connectivity index (χ0) is 10.7. The normalized spacial score (nSPS) is 12.9. The summed E-state index contributed by atoms with van der Waals surface area (Å²) in [6.45, 7) is 2.13. The van der Waals surface area contributed by atoms with Crippen molar-refractivity contribution in [3.05, 3.63) is 48.0 Å². The number of fused-ring (bicyclic) bond motifs is 1. The van der Waals surface area contributed by atoms with E-state index in [-0.39, 0.29) is 6.04 Å². The number of benzene rings is 2. The van der Waals surface area contributed by atoms with Gasteiger partial charge in [-0.05, 0) is 29.2 Å². The molecule has 0 fully saturated rings. The molecular formula is C14H17N. The smallest absolute Gasteiger partial charge is 0.00767 e. The molecule has 15 heavy (non-hydrogen) atoms. The van der Waals surface area contributed by atoms with Crippen molar-refractivity contribution < 1.29 is 0 Å². The van der Waals surface area contributed by atoms with Gasteiger partial charge in [0.2, 0.25) is 0 Å². The minimum Gasteiger partial charge on any atom is -0.327 e. The minimum absolute atomic E-state index is 0.283. The Kier molecular flexibility index (Phi) is 3.02. The Morgan fingerprint density at radius 3 is 2.53 bits per heavy atom. The zero-order valence-corrected chi connectivity index (χ0v) is 9.11. The van der Waals surface area contributed by atoms with Crippen LogP contribution in [0.15, 0.2) is 42.5 Å². The molecule has 0 spiro atoms. The fraction of sp³-hybridized carbons (Fsp3) is 0.286. The maximum absolute atomic E-state index is 5.95. The first-order valence-corrected chi connectivity index (χ1v) is 5.53. The van der Waals surface area contributed by atoms with Crippen molar-refractivity contribution in [3.63, 3.8) is 0 Å². The van der Waals surface area contributed by atoms with Crippen LogP contribution in [0, 0.1) is 0 Å². The largest absolute Gasteiger partial charge is 0.327 e. The van der Waals surface area contributed by atoms with Gasteiger partial charge in [-0.3, -0.25) is 0 Å². The van der Waals surface area contributed by atoms with Crippen molar-refractivity contribution in [1.29, 1.82) is 0 Å². The van der Waals surface area contributed by atoms with E-state index in [2.05, 4.69) is 49.4 Å². The second kappa shape index (κ2) is 4.45. The monoisotopic (exact) mass is 199 g/mol. The Morgan fingerprint density at radius 1 is 1.07 bits per heavy atom. The Bertz CT molecular complexity index is 448. The summed E-state index contributed by atoms with van der Waals surface area (Å²) in [5.41, 5.74) is 7.29. The molecule has 1 atom stereocenters.